The fraction of sp³-hybridized carbons (Fsp3) is 0.250. The van der Waals surface area contributed by atoms with Crippen LogP contribution in [-0.4, -0.2) is 42.2 Å². The number of carbonyl (C=O) groups excluding carboxylic acids is 1. The van der Waals surface area contributed by atoms with Crippen LogP contribution in [0.5, 0.6) is 0 Å². The van der Waals surface area contributed by atoms with Crippen molar-refractivity contribution in [2.75, 3.05) is 0 Å². The minimum absolute atomic E-state index is 0.250. The average Bonchev–Trinajstić information content (AvgIpc) is 3.51. The van der Waals surface area contributed by atoms with Crippen molar-refractivity contribution in [3.8, 4) is 11.3 Å². The minimum Gasteiger partial charge on any atom is -0.393 e. The second-order valence-corrected chi connectivity index (χ2v) is 9.70. The fourth-order valence-electron chi connectivity index (χ4n) is 5.40. The summed E-state index contributed by atoms with van der Waals surface area (Å²) >= 11 is 0. The van der Waals surface area contributed by atoms with E-state index in [1.165, 1.54) is 6.07 Å². The number of amides is 1. The van der Waals surface area contributed by atoms with Crippen molar-refractivity contribution in [1.82, 2.24) is 24.9 Å². The zero-order chi connectivity index (χ0) is 24.7. The van der Waals surface area contributed by atoms with Crippen molar-refractivity contribution < 1.29 is 14.3 Å². The largest absolute Gasteiger partial charge is 0.393 e. The first-order valence-electron chi connectivity index (χ1n) is 12.1. The highest BCUT2D eigenvalue weighted by molar-refractivity contribution is 6.01. The number of aromatic nitrogens is 4. The van der Waals surface area contributed by atoms with Crippen molar-refractivity contribution in [2.45, 2.75) is 43.7 Å². The summed E-state index contributed by atoms with van der Waals surface area (Å²) in [5.41, 5.74) is 3.60. The standard InChI is InChI=1S/C28H26FN5O2/c29-23-6-2-1-4-19(23)15-28(11-3-5-21(35)16-28)31-27(36)18-7-9-24-22(14-18)26(33-32-24)20-8-10-25-30-12-13-34(25)17-20/h1-2,4,6-10,12-14,17,21,35H,3,5,11,15-16H2,(H,31,36)(H,32,33). The fourth-order valence-corrected chi connectivity index (χ4v) is 5.40. The number of halogens is 1. The van der Waals surface area contributed by atoms with E-state index in [4.69, 9.17) is 0 Å². The van der Waals surface area contributed by atoms with Crippen LogP contribution in [0.25, 0.3) is 27.8 Å². The van der Waals surface area contributed by atoms with Crippen LogP contribution < -0.4 is 5.32 Å². The summed E-state index contributed by atoms with van der Waals surface area (Å²) in [7, 11) is 0. The normalized spacial score (nSPS) is 20.1. The summed E-state index contributed by atoms with van der Waals surface area (Å²) in [4.78, 5) is 17.8. The molecule has 1 saturated carbocycles. The summed E-state index contributed by atoms with van der Waals surface area (Å²) in [6, 6.07) is 15.9. The van der Waals surface area contributed by atoms with Gasteiger partial charge in [0, 0.05) is 40.6 Å². The summed E-state index contributed by atoms with van der Waals surface area (Å²) in [6.45, 7) is 0. The number of hydrogen-bond acceptors (Lipinski definition) is 4. The van der Waals surface area contributed by atoms with Gasteiger partial charge in [0.2, 0.25) is 0 Å². The number of carbonyl (C=O) groups is 1. The van der Waals surface area contributed by atoms with Crippen LogP contribution in [0.2, 0.25) is 0 Å². The molecule has 0 spiro atoms. The number of aliphatic hydroxyl groups is 1. The zero-order valence-corrected chi connectivity index (χ0v) is 19.6. The molecule has 0 radical (unpaired) electrons. The summed E-state index contributed by atoms with van der Waals surface area (Å²) < 4.78 is 16.4. The summed E-state index contributed by atoms with van der Waals surface area (Å²) in [6.07, 6.45) is 7.86. The molecular formula is C28H26FN5O2. The van der Waals surface area contributed by atoms with Gasteiger partial charge in [-0.1, -0.05) is 18.2 Å². The Balaban J connectivity index is 1.33. The Morgan fingerprint density at radius 1 is 1.22 bits per heavy atom. The van der Waals surface area contributed by atoms with Crippen molar-refractivity contribution in [3.05, 3.63) is 90.1 Å². The Hall–Kier alpha value is -4.04. The Morgan fingerprint density at radius 3 is 2.97 bits per heavy atom. The zero-order valence-electron chi connectivity index (χ0n) is 19.6. The van der Waals surface area contributed by atoms with Gasteiger partial charge in [-0.2, -0.15) is 5.10 Å². The molecule has 3 heterocycles. The monoisotopic (exact) mass is 483 g/mol. The van der Waals surface area contributed by atoms with E-state index in [0.717, 1.165) is 34.2 Å². The van der Waals surface area contributed by atoms with Gasteiger partial charge in [0.25, 0.3) is 5.91 Å². The van der Waals surface area contributed by atoms with E-state index in [0.29, 0.717) is 36.8 Å². The summed E-state index contributed by atoms with van der Waals surface area (Å²) in [5.74, 6) is -0.551. The highest BCUT2D eigenvalue weighted by Crippen LogP contribution is 2.33. The molecule has 2 unspecified atom stereocenters. The van der Waals surface area contributed by atoms with Crippen LogP contribution in [0, 0.1) is 5.82 Å². The molecule has 2 atom stereocenters. The second kappa shape index (κ2) is 8.87. The lowest BCUT2D eigenvalue weighted by molar-refractivity contribution is 0.0603. The number of imidazole rings is 1. The van der Waals surface area contributed by atoms with Crippen molar-refractivity contribution >= 4 is 22.5 Å². The van der Waals surface area contributed by atoms with Gasteiger partial charge in [0.15, 0.2) is 0 Å². The quantitative estimate of drug-likeness (QED) is 0.339. The first kappa shape index (κ1) is 22.4. The molecule has 7 nitrogen and oxygen atoms in total. The molecule has 1 fully saturated rings. The predicted molar refractivity (Wildman–Crippen MR) is 135 cm³/mol. The molecule has 182 valence electrons. The second-order valence-electron chi connectivity index (χ2n) is 9.70. The first-order valence-corrected chi connectivity index (χ1v) is 12.1. The van der Waals surface area contributed by atoms with E-state index in [9.17, 15) is 14.3 Å². The number of hydrogen-bond donors (Lipinski definition) is 3. The van der Waals surface area contributed by atoms with Gasteiger partial charge in [-0.25, -0.2) is 9.37 Å². The number of benzene rings is 2. The lowest BCUT2D eigenvalue weighted by atomic mass is 9.76. The van der Waals surface area contributed by atoms with Gasteiger partial charge < -0.3 is 14.8 Å². The highest BCUT2D eigenvalue weighted by Gasteiger charge is 2.38. The maximum absolute atomic E-state index is 14.5. The van der Waals surface area contributed by atoms with E-state index in [1.807, 2.05) is 41.1 Å². The molecule has 6 rings (SSSR count). The van der Waals surface area contributed by atoms with Crippen LogP contribution in [0.15, 0.2) is 73.2 Å². The maximum Gasteiger partial charge on any atom is 0.251 e. The molecule has 5 aromatic rings. The van der Waals surface area contributed by atoms with Gasteiger partial charge in [-0.3, -0.25) is 9.89 Å². The van der Waals surface area contributed by atoms with E-state index in [2.05, 4.69) is 20.5 Å². The average molecular weight is 484 g/mol. The third-order valence-electron chi connectivity index (χ3n) is 7.17. The molecule has 3 aromatic heterocycles. The Kier molecular flexibility index (Phi) is 5.53. The number of pyridine rings is 1. The number of aromatic amines is 1. The van der Waals surface area contributed by atoms with E-state index >= 15 is 0 Å². The van der Waals surface area contributed by atoms with Crippen LogP contribution >= 0.6 is 0 Å². The van der Waals surface area contributed by atoms with Crippen LogP contribution in [0.3, 0.4) is 0 Å². The molecule has 0 bridgehead atoms. The lowest BCUT2D eigenvalue weighted by Gasteiger charge is -2.40. The first-order chi connectivity index (χ1) is 17.5. The van der Waals surface area contributed by atoms with E-state index in [-0.39, 0.29) is 11.7 Å². The van der Waals surface area contributed by atoms with Gasteiger partial charge in [-0.15, -0.1) is 0 Å². The number of nitrogens with zero attached hydrogens (tertiary/aromatic N) is 3. The third kappa shape index (κ3) is 4.13. The van der Waals surface area contributed by atoms with Crippen LogP contribution in [-0.2, 0) is 6.42 Å². The van der Waals surface area contributed by atoms with Gasteiger partial charge in [0.1, 0.15) is 17.2 Å². The molecule has 1 aliphatic carbocycles. The number of nitrogens with one attached hydrogen (secondary N) is 2. The molecule has 8 heteroatoms. The van der Waals surface area contributed by atoms with E-state index in [1.54, 1.807) is 30.5 Å². The molecule has 36 heavy (non-hydrogen) atoms. The minimum atomic E-state index is -0.725. The van der Waals surface area contributed by atoms with Crippen LogP contribution in [0.1, 0.15) is 41.6 Å². The topological polar surface area (TPSA) is 95.3 Å². The molecule has 0 saturated heterocycles. The van der Waals surface area contributed by atoms with Crippen LogP contribution in [0.4, 0.5) is 4.39 Å². The van der Waals surface area contributed by atoms with Gasteiger partial charge in [0.05, 0.1) is 11.6 Å². The highest BCUT2D eigenvalue weighted by atomic mass is 19.1. The Morgan fingerprint density at radius 2 is 2.11 bits per heavy atom. The molecule has 3 N–H and O–H groups in total. The number of H-pyrrole nitrogens is 1. The molecule has 0 aliphatic heterocycles. The SMILES string of the molecule is O=C(NC1(Cc2ccccc2F)CCCC(O)C1)c1ccc2[nH]nc(-c3ccc4nccn4c3)c2c1. The Labute approximate surface area is 207 Å². The van der Waals surface area contributed by atoms with Crippen molar-refractivity contribution in [1.29, 1.82) is 0 Å². The molecular weight excluding hydrogens is 457 g/mol. The van der Waals surface area contributed by atoms with Gasteiger partial charge in [-0.05, 0) is 74.1 Å². The molecule has 1 amide bonds. The van der Waals surface area contributed by atoms with Crippen molar-refractivity contribution in [3.63, 3.8) is 0 Å². The predicted octanol–water partition coefficient (Wildman–Crippen LogP) is 4.66. The van der Waals surface area contributed by atoms with E-state index < -0.39 is 11.6 Å². The third-order valence-corrected chi connectivity index (χ3v) is 7.17. The lowest BCUT2D eigenvalue weighted by Crippen LogP contribution is -2.54. The Bertz CT molecular complexity index is 1570. The van der Waals surface area contributed by atoms with Gasteiger partial charge >= 0.3 is 0 Å². The smallest absolute Gasteiger partial charge is 0.251 e. The number of rotatable bonds is 5. The number of aliphatic hydroxyl groups excluding tert-OH is 1. The molecule has 1 aliphatic rings. The van der Waals surface area contributed by atoms with Crippen molar-refractivity contribution in [2.24, 2.45) is 0 Å². The number of fused-ring (bicyclic) bond motifs is 2. The maximum atomic E-state index is 14.5. The summed E-state index contributed by atoms with van der Waals surface area (Å²) in [5, 5.41) is 22.0. The molecule has 2 aromatic carbocycles.